The van der Waals surface area contributed by atoms with Crippen LogP contribution in [0.25, 0.3) is 0 Å². The van der Waals surface area contributed by atoms with Gasteiger partial charge in [0.05, 0.1) is 6.04 Å². The predicted octanol–water partition coefficient (Wildman–Crippen LogP) is 0.502. The summed E-state index contributed by atoms with van der Waals surface area (Å²) in [6, 6.07) is 0.799. The SMILES string of the molecule is Cl.O=C1C[C@H]2CC[C@@H]1N2. The second-order valence-corrected chi connectivity index (χ2v) is 2.66. The molecule has 2 aliphatic rings. The van der Waals surface area contributed by atoms with E-state index in [-0.39, 0.29) is 18.4 Å². The molecule has 0 aromatic carbocycles. The molecule has 9 heavy (non-hydrogen) atoms. The summed E-state index contributed by atoms with van der Waals surface area (Å²) in [4.78, 5) is 10.8. The second kappa shape index (κ2) is 2.27. The van der Waals surface area contributed by atoms with Gasteiger partial charge in [-0.1, -0.05) is 0 Å². The summed E-state index contributed by atoms with van der Waals surface area (Å²) in [7, 11) is 0. The van der Waals surface area contributed by atoms with E-state index >= 15 is 0 Å². The van der Waals surface area contributed by atoms with Crippen LogP contribution < -0.4 is 5.32 Å². The summed E-state index contributed by atoms with van der Waals surface area (Å²) < 4.78 is 0. The van der Waals surface area contributed by atoms with E-state index in [0.29, 0.717) is 11.8 Å². The van der Waals surface area contributed by atoms with Gasteiger partial charge in [-0.15, -0.1) is 12.4 Å². The van der Waals surface area contributed by atoms with Crippen LogP contribution in [0.2, 0.25) is 0 Å². The van der Waals surface area contributed by atoms with Crippen LogP contribution in [-0.4, -0.2) is 17.9 Å². The third-order valence-electron chi connectivity index (χ3n) is 2.08. The maximum absolute atomic E-state index is 10.8. The van der Waals surface area contributed by atoms with Gasteiger partial charge in [-0.25, -0.2) is 0 Å². The molecule has 2 nitrogen and oxygen atoms in total. The first-order valence-corrected chi connectivity index (χ1v) is 3.15. The third kappa shape index (κ3) is 0.970. The van der Waals surface area contributed by atoms with Crippen LogP contribution in [0.5, 0.6) is 0 Å². The van der Waals surface area contributed by atoms with Crippen LogP contribution in [-0.2, 0) is 4.79 Å². The van der Waals surface area contributed by atoms with Gasteiger partial charge in [0.15, 0.2) is 5.78 Å². The molecule has 2 aliphatic heterocycles. The highest BCUT2D eigenvalue weighted by atomic mass is 35.5. The van der Waals surface area contributed by atoms with Crippen molar-refractivity contribution in [3.63, 3.8) is 0 Å². The number of rotatable bonds is 0. The quantitative estimate of drug-likeness (QED) is 0.541. The molecule has 2 bridgehead atoms. The van der Waals surface area contributed by atoms with E-state index in [1.807, 2.05) is 0 Å². The Hall–Kier alpha value is -0.0800. The summed E-state index contributed by atoms with van der Waals surface area (Å²) >= 11 is 0. The summed E-state index contributed by atoms with van der Waals surface area (Å²) in [5.41, 5.74) is 0. The molecular weight excluding hydrogens is 138 g/mol. The summed E-state index contributed by atoms with van der Waals surface area (Å²) in [5.74, 6) is 0.432. The normalized spacial score (nSPS) is 38.9. The average molecular weight is 148 g/mol. The van der Waals surface area contributed by atoms with E-state index < -0.39 is 0 Å². The number of hydrogen-bond donors (Lipinski definition) is 1. The van der Waals surface area contributed by atoms with Gasteiger partial charge in [0, 0.05) is 12.5 Å². The molecule has 1 N–H and O–H groups in total. The maximum Gasteiger partial charge on any atom is 0.151 e. The Morgan fingerprint density at radius 2 is 2.22 bits per heavy atom. The monoisotopic (exact) mass is 147 g/mol. The molecule has 0 unspecified atom stereocenters. The van der Waals surface area contributed by atoms with Crippen molar-refractivity contribution in [3.05, 3.63) is 0 Å². The molecule has 2 saturated heterocycles. The largest absolute Gasteiger partial charge is 0.304 e. The van der Waals surface area contributed by atoms with Crippen molar-refractivity contribution in [2.75, 3.05) is 0 Å². The Balaban J connectivity index is 0.000000405. The van der Waals surface area contributed by atoms with E-state index in [0.717, 1.165) is 12.8 Å². The lowest BCUT2D eigenvalue weighted by Crippen LogP contribution is -2.22. The van der Waals surface area contributed by atoms with Gasteiger partial charge < -0.3 is 5.32 Å². The van der Waals surface area contributed by atoms with Gasteiger partial charge in [-0.3, -0.25) is 4.79 Å². The van der Waals surface area contributed by atoms with Crippen molar-refractivity contribution >= 4 is 18.2 Å². The zero-order chi connectivity index (χ0) is 5.56. The maximum atomic E-state index is 10.8. The molecule has 2 fully saturated rings. The van der Waals surface area contributed by atoms with Gasteiger partial charge in [0.25, 0.3) is 0 Å². The zero-order valence-corrected chi connectivity index (χ0v) is 5.91. The van der Waals surface area contributed by atoms with Crippen LogP contribution in [0, 0.1) is 0 Å². The van der Waals surface area contributed by atoms with E-state index in [9.17, 15) is 4.79 Å². The van der Waals surface area contributed by atoms with Crippen LogP contribution in [0.3, 0.4) is 0 Å². The van der Waals surface area contributed by atoms with E-state index in [4.69, 9.17) is 0 Å². The lowest BCUT2D eigenvalue weighted by Gasteiger charge is -2.02. The summed E-state index contributed by atoms with van der Waals surface area (Å²) in [5, 5.41) is 3.23. The van der Waals surface area contributed by atoms with Crippen molar-refractivity contribution in [1.82, 2.24) is 5.32 Å². The van der Waals surface area contributed by atoms with E-state index in [1.54, 1.807) is 0 Å². The van der Waals surface area contributed by atoms with Crippen molar-refractivity contribution < 1.29 is 4.79 Å². The van der Waals surface area contributed by atoms with Crippen molar-refractivity contribution in [2.24, 2.45) is 0 Å². The molecule has 2 rings (SSSR count). The number of nitrogens with one attached hydrogen (secondary N) is 1. The Bertz CT molecular complexity index is 137. The Labute approximate surface area is 60.4 Å². The molecule has 3 heteroatoms. The number of carbonyl (C=O) groups excluding carboxylic acids is 1. The molecule has 0 aliphatic carbocycles. The third-order valence-corrected chi connectivity index (χ3v) is 2.08. The van der Waals surface area contributed by atoms with Crippen molar-refractivity contribution in [2.45, 2.75) is 31.3 Å². The number of Topliss-reactive ketones (excluding diaryl/α,β-unsaturated/α-hetero) is 1. The smallest absolute Gasteiger partial charge is 0.151 e. The lowest BCUT2D eigenvalue weighted by molar-refractivity contribution is -0.119. The number of fused-ring (bicyclic) bond motifs is 2. The first kappa shape index (κ1) is 7.03. The number of halogens is 1. The van der Waals surface area contributed by atoms with Crippen LogP contribution in [0.15, 0.2) is 0 Å². The number of ketones is 1. The number of hydrogen-bond acceptors (Lipinski definition) is 2. The fraction of sp³-hybridized carbons (Fsp3) is 0.833. The zero-order valence-electron chi connectivity index (χ0n) is 5.09. The highest BCUT2D eigenvalue weighted by Crippen LogP contribution is 2.24. The topological polar surface area (TPSA) is 29.1 Å². The van der Waals surface area contributed by atoms with Gasteiger partial charge in [0.2, 0.25) is 0 Å². The summed E-state index contributed by atoms with van der Waals surface area (Å²) in [6.45, 7) is 0. The fourth-order valence-electron chi connectivity index (χ4n) is 1.62. The number of carbonyl (C=O) groups is 1. The molecule has 0 aromatic rings. The first-order chi connectivity index (χ1) is 3.86. The minimum absolute atomic E-state index is 0. The second-order valence-electron chi connectivity index (χ2n) is 2.66. The van der Waals surface area contributed by atoms with Gasteiger partial charge in [0.1, 0.15) is 0 Å². The molecule has 2 heterocycles. The van der Waals surface area contributed by atoms with Crippen LogP contribution in [0.1, 0.15) is 19.3 Å². The highest BCUT2D eigenvalue weighted by Gasteiger charge is 2.37. The van der Waals surface area contributed by atoms with E-state index in [1.165, 1.54) is 6.42 Å². The van der Waals surface area contributed by atoms with Gasteiger partial charge in [-0.2, -0.15) is 0 Å². The molecule has 0 spiro atoms. The minimum atomic E-state index is 0. The molecule has 52 valence electrons. The van der Waals surface area contributed by atoms with E-state index in [2.05, 4.69) is 5.32 Å². The molecule has 2 atom stereocenters. The Morgan fingerprint density at radius 3 is 2.44 bits per heavy atom. The standard InChI is InChI=1S/C6H9NO.ClH/c8-6-3-4-1-2-5(6)7-4;/h4-5,7H,1-3H2;1H/t4-,5+;/m1./s1. The highest BCUT2D eigenvalue weighted by molar-refractivity contribution is 5.87. The van der Waals surface area contributed by atoms with Crippen LogP contribution >= 0.6 is 12.4 Å². The Morgan fingerprint density at radius 1 is 1.44 bits per heavy atom. The lowest BCUT2D eigenvalue weighted by atomic mass is 10.00. The van der Waals surface area contributed by atoms with Gasteiger partial charge >= 0.3 is 0 Å². The molecule has 0 radical (unpaired) electrons. The minimum Gasteiger partial charge on any atom is -0.304 e. The fourth-order valence-corrected chi connectivity index (χ4v) is 1.62. The first-order valence-electron chi connectivity index (χ1n) is 3.15. The molecule has 0 amide bonds. The molecule has 0 saturated carbocycles. The predicted molar refractivity (Wildman–Crippen MR) is 36.8 cm³/mol. The molecular formula is C6H10ClNO. The van der Waals surface area contributed by atoms with Gasteiger partial charge in [-0.05, 0) is 12.8 Å². The summed E-state index contributed by atoms with van der Waals surface area (Å²) in [6.07, 6.45) is 3.10. The Kier molecular flexibility index (Phi) is 1.78. The van der Waals surface area contributed by atoms with Crippen molar-refractivity contribution in [3.8, 4) is 0 Å². The van der Waals surface area contributed by atoms with Crippen LogP contribution in [0.4, 0.5) is 0 Å². The molecule has 0 aromatic heterocycles. The average Bonchev–Trinajstić information content (AvgIpc) is 2.23. The van der Waals surface area contributed by atoms with Crippen molar-refractivity contribution in [1.29, 1.82) is 0 Å².